The molecule has 0 saturated carbocycles. The Bertz CT molecular complexity index is 695. The van der Waals surface area contributed by atoms with Crippen molar-refractivity contribution in [3.63, 3.8) is 0 Å². The Balaban J connectivity index is 1.78. The highest BCUT2D eigenvalue weighted by Gasteiger charge is 2.11. The van der Waals surface area contributed by atoms with Gasteiger partial charge < -0.3 is 19.2 Å². The van der Waals surface area contributed by atoms with Crippen molar-refractivity contribution in [1.29, 1.82) is 0 Å². The van der Waals surface area contributed by atoms with Crippen LogP contribution >= 0.6 is 0 Å². The second-order valence-corrected chi connectivity index (χ2v) is 5.11. The number of nitrogens with one attached hydrogen (secondary N) is 1. The average molecular weight is 348 g/mol. The number of non-ortho nitro benzene ring substituents is 1. The number of hydrogen-bond donors (Lipinski definition) is 1. The molecule has 1 aromatic carbocycles. The van der Waals surface area contributed by atoms with Crippen LogP contribution < -0.4 is 10.1 Å². The molecule has 8 nitrogen and oxygen atoms in total. The molecule has 0 aliphatic rings. The van der Waals surface area contributed by atoms with Gasteiger partial charge in [-0.05, 0) is 37.6 Å². The molecule has 0 radical (unpaired) electrons. The van der Waals surface area contributed by atoms with Crippen LogP contribution in [0.15, 0.2) is 40.8 Å². The molecule has 1 N–H and O–H groups in total. The number of ether oxygens (including phenoxy) is 2. The summed E-state index contributed by atoms with van der Waals surface area (Å²) in [7, 11) is 0. The molecule has 0 spiro atoms. The van der Waals surface area contributed by atoms with Crippen LogP contribution in [0.3, 0.4) is 0 Å². The SMILES string of the molecule is CCOCCCNC(=O)c1ccc(COc2ccc([N+](=O)[O-])cc2)o1. The number of benzene rings is 1. The smallest absolute Gasteiger partial charge is 0.286 e. The third-order valence-corrected chi connectivity index (χ3v) is 3.27. The van der Waals surface area contributed by atoms with Gasteiger partial charge in [-0.15, -0.1) is 0 Å². The molecule has 1 heterocycles. The van der Waals surface area contributed by atoms with Crippen LogP contribution in [0, 0.1) is 10.1 Å². The minimum Gasteiger partial charge on any atom is -0.486 e. The molecule has 0 fully saturated rings. The lowest BCUT2D eigenvalue weighted by atomic mass is 10.3. The van der Waals surface area contributed by atoms with Crippen molar-refractivity contribution in [3.05, 3.63) is 58.0 Å². The molecule has 1 aromatic heterocycles. The summed E-state index contributed by atoms with van der Waals surface area (Å²) in [5, 5.41) is 13.3. The summed E-state index contributed by atoms with van der Waals surface area (Å²) in [5.74, 6) is 0.874. The van der Waals surface area contributed by atoms with Crippen LogP contribution in [0.4, 0.5) is 5.69 Å². The van der Waals surface area contributed by atoms with Crippen molar-refractivity contribution in [3.8, 4) is 5.75 Å². The third kappa shape index (κ3) is 5.92. The van der Waals surface area contributed by atoms with E-state index in [2.05, 4.69) is 5.32 Å². The number of nitrogens with zero attached hydrogens (tertiary/aromatic N) is 1. The predicted molar refractivity (Wildman–Crippen MR) is 89.6 cm³/mol. The second-order valence-electron chi connectivity index (χ2n) is 5.11. The fourth-order valence-corrected chi connectivity index (χ4v) is 2.00. The van der Waals surface area contributed by atoms with Gasteiger partial charge in [0.25, 0.3) is 11.6 Å². The zero-order valence-corrected chi connectivity index (χ0v) is 13.9. The Hall–Kier alpha value is -2.87. The summed E-state index contributed by atoms with van der Waals surface area (Å²) in [6.07, 6.45) is 0.733. The van der Waals surface area contributed by atoms with E-state index in [4.69, 9.17) is 13.9 Å². The van der Waals surface area contributed by atoms with Gasteiger partial charge in [0.15, 0.2) is 5.76 Å². The largest absolute Gasteiger partial charge is 0.486 e. The van der Waals surface area contributed by atoms with E-state index in [0.717, 1.165) is 6.42 Å². The van der Waals surface area contributed by atoms with Crippen LogP contribution in [-0.4, -0.2) is 30.6 Å². The summed E-state index contributed by atoms with van der Waals surface area (Å²) >= 11 is 0. The molecular weight excluding hydrogens is 328 g/mol. The molecule has 2 rings (SSSR count). The second kappa shape index (κ2) is 9.43. The van der Waals surface area contributed by atoms with Crippen LogP contribution in [0.25, 0.3) is 0 Å². The van der Waals surface area contributed by atoms with Crippen molar-refractivity contribution in [2.75, 3.05) is 19.8 Å². The summed E-state index contributed by atoms with van der Waals surface area (Å²) in [4.78, 5) is 22.0. The lowest BCUT2D eigenvalue weighted by molar-refractivity contribution is -0.384. The molecule has 25 heavy (non-hydrogen) atoms. The first-order valence-electron chi connectivity index (χ1n) is 7.92. The van der Waals surface area contributed by atoms with Crippen molar-refractivity contribution < 1.29 is 23.6 Å². The van der Waals surface area contributed by atoms with Gasteiger partial charge in [-0.1, -0.05) is 0 Å². The van der Waals surface area contributed by atoms with Crippen LogP contribution in [0.5, 0.6) is 5.75 Å². The van der Waals surface area contributed by atoms with Gasteiger partial charge >= 0.3 is 0 Å². The molecule has 2 aromatic rings. The zero-order valence-electron chi connectivity index (χ0n) is 13.9. The molecule has 0 saturated heterocycles. The topological polar surface area (TPSA) is 104 Å². The number of carbonyl (C=O) groups is 1. The Morgan fingerprint density at radius 2 is 2.00 bits per heavy atom. The molecule has 0 aliphatic carbocycles. The highest BCUT2D eigenvalue weighted by molar-refractivity contribution is 5.91. The van der Waals surface area contributed by atoms with E-state index in [-0.39, 0.29) is 24.0 Å². The first-order valence-corrected chi connectivity index (χ1v) is 7.92. The summed E-state index contributed by atoms with van der Waals surface area (Å²) in [5.41, 5.74) is -0.00589. The fourth-order valence-electron chi connectivity index (χ4n) is 2.00. The third-order valence-electron chi connectivity index (χ3n) is 3.27. The number of rotatable bonds is 10. The van der Waals surface area contributed by atoms with Crippen molar-refractivity contribution in [2.45, 2.75) is 20.0 Å². The Morgan fingerprint density at radius 3 is 2.68 bits per heavy atom. The molecule has 134 valence electrons. The monoisotopic (exact) mass is 348 g/mol. The molecule has 0 atom stereocenters. The number of nitro benzene ring substituents is 1. The minimum absolute atomic E-state index is 0.00589. The van der Waals surface area contributed by atoms with Crippen molar-refractivity contribution >= 4 is 11.6 Å². The maximum absolute atomic E-state index is 11.9. The van der Waals surface area contributed by atoms with Gasteiger partial charge in [-0.3, -0.25) is 14.9 Å². The number of amides is 1. The lowest BCUT2D eigenvalue weighted by Crippen LogP contribution is -2.24. The Labute approximate surface area is 144 Å². The minimum atomic E-state index is -0.477. The standard InChI is InChI=1S/C17H20N2O6/c1-2-23-11-3-10-18-17(20)16-9-8-15(25-16)12-24-14-6-4-13(5-7-14)19(21)22/h4-9H,2-3,10-12H2,1H3,(H,18,20). The lowest BCUT2D eigenvalue weighted by Gasteiger charge is -2.04. The fraction of sp³-hybridized carbons (Fsp3) is 0.353. The number of hydrogen-bond acceptors (Lipinski definition) is 6. The summed E-state index contributed by atoms with van der Waals surface area (Å²) in [6, 6.07) is 8.96. The summed E-state index contributed by atoms with van der Waals surface area (Å²) in [6.45, 7) is 3.80. The molecule has 8 heteroatoms. The molecule has 0 bridgehead atoms. The first-order chi connectivity index (χ1) is 12.1. The van der Waals surface area contributed by atoms with Crippen molar-refractivity contribution in [2.24, 2.45) is 0 Å². The molecule has 1 amide bonds. The first kappa shape index (κ1) is 18.5. The highest BCUT2D eigenvalue weighted by atomic mass is 16.6. The Kier molecular flexibility index (Phi) is 6.97. The quantitative estimate of drug-likeness (QED) is 0.402. The Morgan fingerprint density at radius 1 is 1.24 bits per heavy atom. The zero-order chi connectivity index (χ0) is 18.1. The van der Waals surface area contributed by atoms with Gasteiger partial charge in [-0.25, -0.2) is 0 Å². The van der Waals surface area contributed by atoms with E-state index in [1.54, 1.807) is 12.1 Å². The molecular formula is C17H20N2O6. The van der Waals surface area contributed by atoms with Crippen LogP contribution in [-0.2, 0) is 11.3 Å². The number of furan rings is 1. The van der Waals surface area contributed by atoms with Gasteiger partial charge in [0.1, 0.15) is 18.1 Å². The highest BCUT2D eigenvalue weighted by Crippen LogP contribution is 2.19. The van der Waals surface area contributed by atoms with Crippen molar-refractivity contribution in [1.82, 2.24) is 5.32 Å². The molecule has 0 unspecified atom stereocenters. The van der Waals surface area contributed by atoms with E-state index in [9.17, 15) is 14.9 Å². The number of carbonyl (C=O) groups excluding carboxylic acids is 1. The van der Waals surface area contributed by atoms with Crippen LogP contribution in [0.1, 0.15) is 29.7 Å². The average Bonchev–Trinajstić information content (AvgIpc) is 3.09. The van der Waals surface area contributed by atoms with Crippen LogP contribution in [0.2, 0.25) is 0 Å². The maximum atomic E-state index is 11.9. The normalized spacial score (nSPS) is 10.4. The van der Waals surface area contributed by atoms with E-state index >= 15 is 0 Å². The maximum Gasteiger partial charge on any atom is 0.286 e. The van der Waals surface area contributed by atoms with E-state index in [1.807, 2.05) is 6.92 Å². The van der Waals surface area contributed by atoms with Gasteiger partial charge in [0.05, 0.1) is 4.92 Å². The van der Waals surface area contributed by atoms with E-state index in [0.29, 0.717) is 31.3 Å². The predicted octanol–water partition coefficient (Wildman–Crippen LogP) is 2.92. The summed E-state index contributed by atoms with van der Waals surface area (Å²) < 4.78 is 16.1. The molecule has 0 aliphatic heterocycles. The van der Waals surface area contributed by atoms with Gasteiger partial charge in [0, 0.05) is 31.9 Å². The van der Waals surface area contributed by atoms with E-state index in [1.165, 1.54) is 24.3 Å². The van der Waals surface area contributed by atoms with Gasteiger partial charge in [0.2, 0.25) is 0 Å². The van der Waals surface area contributed by atoms with E-state index < -0.39 is 4.92 Å². The number of nitro groups is 1. The van der Waals surface area contributed by atoms with Gasteiger partial charge in [-0.2, -0.15) is 0 Å².